The fraction of sp³-hybridized carbons (Fsp3) is 0.742. The first-order valence-electron chi connectivity index (χ1n) is 14.7. The molecule has 0 N–H and O–H groups in total. The summed E-state index contributed by atoms with van der Waals surface area (Å²) in [6.45, 7) is 16.1. The minimum absolute atomic E-state index is 0.0455. The fourth-order valence-corrected chi connectivity index (χ4v) is 6.33. The van der Waals surface area contributed by atoms with E-state index in [1.54, 1.807) is 4.90 Å². The number of amides is 2. The van der Waals surface area contributed by atoms with Crippen molar-refractivity contribution in [1.29, 1.82) is 0 Å². The van der Waals surface area contributed by atoms with E-state index in [0.717, 1.165) is 44.8 Å². The van der Waals surface area contributed by atoms with Gasteiger partial charge in [-0.15, -0.1) is 0 Å². The van der Waals surface area contributed by atoms with E-state index < -0.39 is 5.60 Å². The van der Waals surface area contributed by atoms with Gasteiger partial charge in [-0.25, -0.2) is 4.79 Å². The van der Waals surface area contributed by atoms with Gasteiger partial charge < -0.3 is 14.5 Å². The number of ether oxygens (including phenoxy) is 1. The SMILES string of the molecule is CC(C)(C)OC(=O)N1CCC(CC(=O)N2CCN(C(CC3CC3)c3ccc(Cl)c(Cl)c3)CC2C(C)(C)C)CC1. The van der Waals surface area contributed by atoms with Crippen LogP contribution in [0.5, 0.6) is 0 Å². The molecular weight excluding hydrogens is 533 g/mol. The molecule has 3 aliphatic rings. The van der Waals surface area contributed by atoms with Crippen LogP contribution in [0.4, 0.5) is 4.79 Å². The van der Waals surface area contributed by atoms with Crippen LogP contribution in [0.1, 0.15) is 91.7 Å². The van der Waals surface area contributed by atoms with Gasteiger partial charge in [-0.05, 0) is 75.0 Å². The van der Waals surface area contributed by atoms with Crippen LogP contribution in [0.15, 0.2) is 18.2 Å². The van der Waals surface area contributed by atoms with E-state index in [4.69, 9.17) is 27.9 Å². The summed E-state index contributed by atoms with van der Waals surface area (Å²) < 4.78 is 5.53. The lowest BCUT2D eigenvalue weighted by Crippen LogP contribution is -2.60. The number of hydrogen-bond donors (Lipinski definition) is 0. The number of hydrogen-bond acceptors (Lipinski definition) is 4. The van der Waals surface area contributed by atoms with Crippen molar-refractivity contribution in [2.45, 2.75) is 97.8 Å². The van der Waals surface area contributed by atoms with E-state index in [0.29, 0.717) is 35.5 Å². The highest BCUT2D eigenvalue weighted by molar-refractivity contribution is 6.42. The van der Waals surface area contributed by atoms with Crippen molar-refractivity contribution in [3.63, 3.8) is 0 Å². The highest BCUT2D eigenvalue weighted by Gasteiger charge is 2.41. The van der Waals surface area contributed by atoms with E-state index >= 15 is 0 Å². The fourth-order valence-electron chi connectivity index (χ4n) is 6.02. The van der Waals surface area contributed by atoms with Gasteiger partial charge in [0.05, 0.1) is 10.0 Å². The molecule has 0 aromatic heterocycles. The first-order chi connectivity index (χ1) is 18.2. The van der Waals surface area contributed by atoms with Gasteiger partial charge in [0.15, 0.2) is 0 Å². The maximum atomic E-state index is 13.7. The van der Waals surface area contributed by atoms with E-state index in [-0.39, 0.29) is 29.5 Å². The molecule has 1 aromatic carbocycles. The number of piperazine rings is 1. The summed E-state index contributed by atoms with van der Waals surface area (Å²) >= 11 is 12.7. The van der Waals surface area contributed by atoms with Crippen LogP contribution in [0.25, 0.3) is 0 Å². The molecule has 39 heavy (non-hydrogen) atoms. The second-order valence-electron chi connectivity index (χ2n) is 13.9. The Hall–Kier alpha value is -1.50. The quantitative estimate of drug-likeness (QED) is 0.351. The maximum absolute atomic E-state index is 13.7. The number of rotatable bonds is 6. The molecule has 0 radical (unpaired) electrons. The third-order valence-electron chi connectivity index (χ3n) is 8.48. The molecular formula is C31H47Cl2N3O3. The standard InChI is InChI=1S/C31H47Cl2N3O3/c1-30(2,3)27-20-35(26(17-21-7-8-21)23-9-10-24(32)25(33)19-23)15-16-36(27)28(37)18-22-11-13-34(14-12-22)29(38)39-31(4,5)6/h9-10,19,21-22,26-27H,7-8,11-18,20H2,1-6H3. The molecule has 2 unspecified atom stereocenters. The summed E-state index contributed by atoms with van der Waals surface area (Å²) in [5.74, 6) is 1.32. The molecule has 8 heteroatoms. The van der Waals surface area contributed by atoms with Crippen molar-refractivity contribution < 1.29 is 14.3 Å². The van der Waals surface area contributed by atoms with Gasteiger partial charge in [-0.3, -0.25) is 9.69 Å². The minimum Gasteiger partial charge on any atom is -0.444 e. The molecule has 1 aromatic rings. The van der Waals surface area contributed by atoms with E-state index in [9.17, 15) is 9.59 Å². The molecule has 2 saturated heterocycles. The Balaban J connectivity index is 1.40. The number of benzene rings is 1. The third-order valence-corrected chi connectivity index (χ3v) is 9.22. The Bertz CT molecular complexity index is 1020. The number of carbonyl (C=O) groups is 2. The molecule has 2 aliphatic heterocycles. The molecule has 6 nitrogen and oxygen atoms in total. The molecule has 2 atom stereocenters. The molecule has 1 saturated carbocycles. The van der Waals surface area contributed by atoms with Crippen LogP contribution in [0, 0.1) is 17.3 Å². The monoisotopic (exact) mass is 579 g/mol. The second-order valence-corrected chi connectivity index (χ2v) is 14.8. The highest BCUT2D eigenvalue weighted by atomic mass is 35.5. The van der Waals surface area contributed by atoms with Gasteiger partial charge in [0.2, 0.25) is 5.91 Å². The topological polar surface area (TPSA) is 53.1 Å². The van der Waals surface area contributed by atoms with Crippen molar-refractivity contribution in [1.82, 2.24) is 14.7 Å². The van der Waals surface area contributed by atoms with Gasteiger partial charge in [0.25, 0.3) is 0 Å². The summed E-state index contributed by atoms with van der Waals surface area (Å²) in [6.07, 6.45) is 5.69. The molecule has 2 amide bonds. The van der Waals surface area contributed by atoms with Gasteiger partial charge in [-0.2, -0.15) is 0 Å². The predicted molar refractivity (Wildman–Crippen MR) is 158 cm³/mol. The first-order valence-corrected chi connectivity index (χ1v) is 15.4. The van der Waals surface area contributed by atoms with Crippen LogP contribution < -0.4 is 0 Å². The average molecular weight is 581 g/mol. The normalized spacial score (nSPS) is 22.6. The lowest BCUT2D eigenvalue weighted by atomic mass is 9.82. The number of halogens is 2. The lowest BCUT2D eigenvalue weighted by molar-refractivity contribution is -0.141. The van der Waals surface area contributed by atoms with Crippen LogP contribution in [-0.4, -0.2) is 71.1 Å². The molecule has 218 valence electrons. The Labute approximate surface area is 245 Å². The number of nitrogens with zero attached hydrogens (tertiary/aromatic N) is 3. The summed E-state index contributed by atoms with van der Waals surface area (Å²) in [7, 11) is 0. The average Bonchev–Trinajstić information content (AvgIpc) is 3.67. The molecule has 1 aliphatic carbocycles. The van der Waals surface area contributed by atoms with E-state index in [1.807, 2.05) is 32.9 Å². The van der Waals surface area contributed by atoms with Crippen LogP contribution in [0.3, 0.4) is 0 Å². The van der Waals surface area contributed by atoms with Crippen LogP contribution in [0.2, 0.25) is 10.0 Å². The Morgan fingerprint density at radius 1 is 0.923 bits per heavy atom. The zero-order chi connectivity index (χ0) is 28.5. The first kappa shape index (κ1) is 30.5. The molecule has 3 fully saturated rings. The lowest BCUT2D eigenvalue weighted by Gasteiger charge is -2.50. The minimum atomic E-state index is -0.495. The van der Waals surface area contributed by atoms with Crippen molar-refractivity contribution >= 4 is 35.2 Å². The van der Waals surface area contributed by atoms with Crippen molar-refractivity contribution in [3.05, 3.63) is 33.8 Å². The molecule has 0 spiro atoms. The van der Waals surface area contributed by atoms with Crippen molar-refractivity contribution in [2.75, 3.05) is 32.7 Å². The second kappa shape index (κ2) is 12.2. The number of carbonyl (C=O) groups excluding carboxylic acids is 2. The summed E-state index contributed by atoms with van der Waals surface area (Å²) in [5, 5.41) is 1.19. The van der Waals surface area contributed by atoms with Gasteiger partial charge in [0.1, 0.15) is 5.60 Å². The van der Waals surface area contributed by atoms with E-state index in [1.165, 1.54) is 18.4 Å². The summed E-state index contributed by atoms with van der Waals surface area (Å²) in [6, 6.07) is 6.48. The molecule has 4 rings (SSSR count). The van der Waals surface area contributed by atoms with Crippen molar-refractivity contribution in [3.8, 4) is 0 Å². The van der Waals surface area contributed by atoms with E-state index in [2.05, 4.69) is 36.6 Å². The molecule has 0 bridgehead atoms. The molecule has 2 heterocycles. The van der Waals surface area contributed by atoms with Crippen LogP contribution >= 0.6 is 23.2 Å². The van der Waals surface area contributed by atoms with Gasteiger partial charge in [0, 0.05) is 51.2 Å². The maximum Gasteiger partial charge on any atom is 0.410 e. The van der Waals surface area contributed by atoms with Crippen LogP contribution in [-0.2, 0) is 9.53 Å². The Kier molecular flexibility index (Phi) is 9.50. The zero-order valence-electron chi connectivity index (χ0n) is 24.6. The zero-order valence-corrected chi connectivity index (χ0v) is 26.2. The number of likely N-dealkylation sites (tertiary alicyclic amines) is 1. The highest BCUT2D eigenvalue weighted by Crippen LogP contribution is 2.43. The Morgan fingerprint density at radius 3 is 2.15 bits per heavy atom. The summed E-state index contributed by atoms with van der Waals surface area (Å²) in [5.41, 5.74) is 0.683. The van der Waals surface area contributed by atoms with Gasteiger partial charge in [-0.1, -0.05) is 62.9 Å². The number of piperidine rings is 1. The van der Waals surface area contributed by atoms with Crippen molar-refractivity contribution in [2.24, 2.45) is 17.3 Å². The van der Waals surface area contributed by atoms with Gasteiger partial charge >= 0.3 is 6.09 Å². The largest absolute Gasteiger partial charge is 0.444 e. The predicted octanol–water partition coefficient (Wildman–Crippen LogP) is 7.43. The smallest absolute Gasteiger partial charge is 0.410 e. The summed E-state index contributed by atoms with van der Waals surface area (Å²) in [4.78, 5) is 32.7. The third kappa shape index (κ3) is 8.27. The Morgan fingerprint density at radius 2 is 1.59 bits per heavy atom.